The highest BCUT2D eigenvalue weighted by Gasteiger charge is 2.36. The Labute approximate surface area is 355 Å². The zero-order chi connectivity index (χ0) is 43.2. The molecule has 1 rings (SSSR count). The molecular formula is C46H78NO11P. The Morgan fingerprint density at radius 2 is 1.12 bits per heavy atom. The number of hydrogen-bond donors (Lipinski definition) is 3. The van der Waals surface area contributed by atoms with Gasteiger partial charge in [0.15, 0.2) is 6.10 Å². The molecule has 0 aromatic heterocycles. The zero-order valence-corrected chi connectivity index (χ0v) is 37.2. The second kappa shape index (κ2) is 36.9. The normalized spacial score (nSPS) is 17.7. The van der Waals surface area contributed by atoms with Gasteiger partial charge in [0, 0.05) is 12.8 Å². The number of phosphoric ester groups is 1. The van der Waals surface area contributed by atoms with Gasteiger partial charge in [0.25, 0.3) is 0 Å². The number of aliphatic carboxylic acids is 1. The van der Waals surface area contributed by atoms with Crippen LogP contribution >= 0.6 is 7.82 Å². The molecule has 4 N–H and O–H groups in total. The molecule has 1 aliphatic rings. The average molecular weight is 852 g/mol. The summed E-state index contributed by atoms with van der Waals surface area (Å²) in [5, 5.41) is 8.90. The summed E-state index contributed by atoms with van der Waals surface area (Å²) in [4.78, 5) is 46.1. The van der Waals surface area contributed by atoms with Crippen LogP contribution in [0.2, 0.25) is 0 Å². The van der Waals surface area contributed by atoms with Crippen molar-refractivity contribution < 1.29 is 52.2 Å². The second-order valence-corrected chi connectivity index (χ2v) is 16.7. The van der Waals surface area contributed by atoms with Crippen molar-refractivity contribution in [1.82, 2.24) is 0 Å². The highest BCUT2D eigenvalue weighted by atomic mass is 31.2. The molecule has 12 nitrogen and oxygen atoms in total. The average Bonchev–Trinajstić information content (AvgIpc) is 3.97. The summed E-state index contributed by atoms with van der Waals surface area (Å²) >= 11 is 0. The number of allylic oxidation sites excluding steroid dienone is 9. The summed E-state index contributed by atoms with van der Waals surface area (Å²) in [6, 6.07) is -1.54. The van der Waals surface area contributed by atoms with Crippen molar-refractivity contribution in [3.63, 3.8) is 0 Å². The minimum atomic E-state index is -4.74. The molecule has 338 valence electrons. The molecule has 59 heavy (non-hydrogen) atoms. The summed E-state index contributed by atoms with van der Waals surface area (Å²) in [6.45, 7) is 2.66. The Morgan fingerprint density at radius 1 is 0.627 bits per heavy atom. The number of carbonyl (C=O) groups excluding carboxylic acids is 2. The lowest BCUT2D eigenvalue weighted by Crippen LogP contribution is -2.34. The fourth-order valence-corrected chi connectivity index (χ4v) is 6.78. The summed E-state index contributed by atoms with van der Waals surface area (Å²) < 4.78 is 38.5. The van der Waals surface area contributed by atoms with Crippen molar-refractivity contribution in [3.8, 4) is 0 Å². The van der Waals surface area contributed by atoms with Crippen LogP contribution in [-0.2, 0) is 42.2 Å². The summed E-state index contributed by atoms with van der Waals surface area (Å²) in [6.07, 6.45) is 44.4. The van der Waals surface area contributed by atoms with E-state index in [1.165, 1.54) is 57.8 Å². The van der Waals surface area contributed by atoms with E-state index in [1.807, 2.05) is 0 Å². The maximum atomic E-state index is 12.7. The van der Waals surface area contributed by atoms with Gasteiger partial charge in [-0.25, -0.2) is 4.57 Å². The molecule has 0 aliphatic carbocycles. The van der Waals surface area contributed by atoms with Crippen LogP contribution in [-0.4, -0.2) is 72.1 Å². The van der Waals surface area contributed by atoms with Crippen molar-refractivity contribution >= 4 is 25.7 Å². The first-order chi connectivity index (χ1) is 28.6. The van der Waals surface area contributed by atoms with E-state index in [2.05, 4.69) is 79.1 Å². The first kappa shape index (κ1) is 54.2. The summed E-state index contributed by atoms with van der Waals surface area (Å²) in [5.74, 6) is -2.48. The summed E-state index contributed by atoms with van der Waals surface area (Å²) in [7, 11) is -4.74. The number of unbranched alkanes of at least 4 members (excludes halogenated alkanes) is 13. The van der Waals surface area contributed by atoms with Gasteiger partial charge in [-0.1, -0.05) is 132 Å². The Bertz CT molecular complexity index is 1300. The number of carbonyl (C=O) groups is 3. The quantitative estimate of drug-likeness (QED) is 0.0174. The predicted octanol–water partition coefficient (Wildman–Crippen LogP) is 10.9. The molecule has 1 fully saturated rings. The molecule has 0 aromatic carbocycles. The third-order valence-corrected chi connectivity index (χ3v) is 10.6. The molecule has 5 atom stereocenters. The van der Waals surface area contributed by atoms with E-state index in [1.54, 1.807) is 0 Å². The fraction of sp³-hybridized carbons (Fsp3) is 0.717. The van der Waals surface area contributed by atoms with Crippen molar-refractivity contribution in [2.45, 2.75) is 192 Å². The molecule has 0 spiro atoms. The highest BCUT2D eigenvalue weighted by Crippen LogP contribution is 2.43. The Kier molecular flexibility index (Phi) is 33.9. The lowest BCUT2D eigenvalue weighted by Gasteiger charge is -2.20. The molecule has 0 aromatic rings. The van der Waals surface area contributed by atoms with E-state index >= 15 is 0 Å². The minimum absolute atomic E-state index is 0.0979. The predicted molar refractivity (Wildman–Crippen MR) is 235 cm³/mol. The Balaban J connectivity index is 2.34. The number of epoxide rings is 1. The number of phosphoric acid groups is 1. The van der Waals surface area contributed by atoms with E-state index in [0.717, 1.165) is 64.2 Å². The van der Waals surface area contributed by atoms with Gasteiger partial charge in [-0.05, 0) is 83.5 Å². The van der Waals surface area contributed by atoms with Crippen LogP contribution in [0.25, 0.3) is 0 Å². The van der Waals surface area contributed by atoms with Crippen LogP contribution in [0.15, 0.2) is 60.8 Å². The number of hydrogen-bond acceptors (Lipinski definition) is 10. The molecule has 3 unspecified atom stereocenters. The number of esters is 2. The molecule has 1 aliphatic heterocycles. The van der Waals surface area contributed by atoms with Gasteiger partial charge >= 0.3 is 25.7 Å². The van der Waals surface area contributed by atoms with Crippen LogP contribution in [0.5, 0.6) is 0 Å². The maximum Gasteiger partial charge on any atom is 0.472 e. The van der Waals surface area contributed by atoms with Crippen molar-refractivity contribution in [2.75, 3.05) is 19.8 Å². The lowest BCUT2D eigenvalue weighted by atomic mass is 10.1. The van der Waals surface area contributed by atoms with Gasteiger partial charge in [-0.2, -0.15) is 0 Å². The standard InChI is InChI=1S/C46H78NO11P/c1-3-5-7-9-11-13-15-17-18-19-20-21-23-25-27-29-31-35-45(49)57-40(38-55-59(52,53)56-39-41(47)46(50)51)37-54-44(48)36-32-34-43-42(58-43)33-30-28-26-24-22-16-14-12-10-8-6-4-2/h11-14,17-18,22,24,28,30,40-43H,3-10,15-16,19-21,23,25-27,29,31-39,47H2,1-2H3,(H,50,51)(H,52,53)/b13-11-,14-12-,18-17-,24-22-,30-28-/t40-,41+,42?,43?/m1/s1. The van der Waals surface area contributed by atoms with Crippen LogP contribution in [0.1, 0.15) is 168 Å². The van der Waals surface area contributed by atoms with Crippen LogP contribution in [0.4, 0.5) is 0 Å². The van der Waals surface area contributed by atoms with E-state index in [9.17, 15) is 23.8 Å². The molecule has 1 heterocycles. The van der Waals surface area contributed by atoms with Gasteiger partial charge in [-0.3, -0.25) is 23.4 Å². The van der Waals surface area contributed by atoms with Crippen molar-refractivity contribution in [1.29, 1.82) is 0 Å². The first-order valence-corrected chi connectivity index (χ1v) is 23.9. The number of nitrogens with two attached hydrogens (primary N) is 1. The molecule has 0 radical (unpaired) electrons. The monoisotopic (exact) mass is 852 g/mol. The van der Waals surface area contributed by atoms with Crippen LogP contribution < -0.4 is 5.73 Å². The Hall–Kier alpha value is -2.86. The number of carboxylic acids is 1. The lowest BCUT2D eigenvalue weighted by molar-refractivity contribution is -0.161. The van der Waals surface area contributed by atoms with Gasteiger partial charge in [0.1, 0.15) is 12.6 Å². The van der Waals surface area contributed by atoms with Crippen molar-refractivity contribution in [2.24, 2.45) is 5.73 Å². The van der Waals surface area contributed by atoms with Gasteiger partial charge < -0.3 is 29.9 Å². The van der Waals surface area contributed by atoms with Gasteiger partial charge in [0.2, 0.25) is 0 Å². The van der Waals surface area contributed by atoms with E-state index in [4.69, 9.17) is 29.6 Å². The maximum absolute atomic E-state index is 12.7. The number of ether oxygens (including phenoxy) is 3. The van der Waals surface area contributed by atoms with E-state index < -0.39 is 51.1 Å². The zero-order valence-electron chi connectivity index (χ0n) is 36.3. The number of rotatable bonds is 40. The van der Waals surface area contributed by atoms with Crippen LogP contribution in [0, 0.1) is 0 Å². The first-order valence-electron chi connectivity index (χ1n) is 22.4. The molecule has 0 bridgehead atoms. The van der Waals surface area contributed by atoms with Crippen LogP contribution in [0.3, 0.4) is 0 Å². The smallest absolute Gasteiger partial charge is 0.472 e. The molecule has 0 amide bonds. The second-order valence-electron chi connectivity index (χ2n) is 15.2. The minimum Gasteiger partial charge on any atom is -0.480 e. The third-order valence-electron chi connectivity index (χ3n) is 9.66. The largest absolute Gasteiger partial charge is 0.480 e. The molecule has 13 heteroatoms. The molecule has 1 saturated heterocycles. The topological polar surface area (TPSA) is 184 Å². The van der Waals surface area contributed by atoms with E-state index in [-0.39, 0.29) is 31.7 Å². The van der Waals surface area contributed by atoms with Crippen molar-refractivity contribution in [3.05, 3.63) is 60.8 Å². The Morgan fingerprint density at radius 3 is 1.69 bits per heavy atom. The van der Waals surface area contributed by atoms with E-state index in [0.29, 0.717) is 19.3 Å². The SMILES string of the molecule is CCCCC/C=C\C/C=C\C/C=C\CC1OC1CCCC(=O)OC[C@H](COP(=O)(O)OC[C@H](N)C(=O)O)OC(=O)CCCCCCCCC/C=C\C/C=C\CCCCC. The third kappa shape index (κ3) is 34.5. The fourth-order valence-electron chi connectivity index (χ4n) is 6.00. The number of carboxylic acid groups (broad SMARTS) is 1. The summed E-state index contributed by atoms with van der Waals surface area (Å²) in [5.41, 5.74) is 5.34. The molecule has 0 saturated carbocycles. The van der Waals surface area contributed by atoms with Gasteiger partial charge in [-0.15, -0.1) is 0 Å². The molecular weight excluding hydrogens is 773 g/mol. The van der Waals surface area contributed by atoms with Gasteiger partial charge in [0.05, 0.1) is 25.4 Å². The highest BCUT2D eigenvalue weighted by molar-refractivity contribution is 7.47.